The van der Waals surface area contributed by atoms with E-state index in [2.05, 4.69) is 10.4 Å². The van der Waals surface area contributed by atoms with Crippen LogP contribution in [0.4, 0.5) is 0 Å². The summed E-state index contributed by atoms with van der Waals surface area (Å²) in [6, 6.07) is 6.73. The van der Waals surface area contributed by atoms with Crippen molar-refractivity contribution in [2.45, 2.75) is 33.4 Å². The van der Waals surface area contributed by atoms with Gasteiger partial charge in [0, 0.05) is 10.7 Å². The molecule has 0 spiro atoms. The van der Waals surface area contributed by atoms with Crippen molar-refractivity contribution in [3.63, 3.8) is 0 Å². The highest BCUT2D eigenvalue weighted by Gasteiger charge is 2.21. The number of nitrogens with two attached hydrogens (primary N) is 1. The van der Waals surface area contributed by atoms with E-state index in [4.69, 9.17) is 17.3 Å². The molecular weight excluding hydrogens is 316 g/mol. The van der Waals surface area contributed by atoms with Gasteiger partial charge >= 0.3 is 0 Å². The molecule has 2 rings (SSSR count). The molecule has 1 atom stereocenters. The van der Waals surface area contributed by atoms with E-state index >= 15 is 0 Å². The SMILES string of the molecule is Cc1nn(Cc2ccccc2Cl)c(C)c1C(=O)NC(C)C(N)=O. The van der Waals surface area contributed by atoms with Crippen LogP contribution in [0.1, 0.15) is 34.2 Å². The summed E-state index contributed by atoms with van der Waals surface area (Å²) in [5, 5.41) is 7.62. The number of carbonyl (C=O) groups excluding carboxylic acids is 2. The number of benzene rings is 1. The van der Waals surface area contributed by atoms with Crippen molar-refractivity contribution in [1.82, 2.24) is 15.1 Å². The number of nitrogens with one attached hydrogen (secondary N) is 1. The molecule has 23 heavy (non-hydrogen) atoms. The van der Waals surface area contributed by atoms with Gasteiger partial charge in [-0.15, -0.1) is 0 Å². The largest absolute Gasteiger partial charge is 0.368 e. The fraction of sp³-hybridized carbons (Fsp3) is 0.312. The lowest BCUT2D eigenvalue weighted by Gasteiger charge is -2.11. The van der Waals surface area contributed by atoms with Crippen LogP contribution in [0.15, 0.2) is 24.3 Å². The maximum absolute atomic E-state index is 12.3. The molecule has 0 aliphatic rings. The molecule has 1 heterocycles. The lowest BCUT2D eigenvalue weighted by atomic mass is 10.1. The summed E-state index contributed by atoms with van der Waals surface area (Å²) >= 11 is 6.17. The van der Waals surface area contributed by atoms with Crippen LogP contribution in [0, 0.1) is 13.8 Å². The van der Waals surface area contributed by atoms with Crippen molar-refractivity contribution in [2.75, 3.05) is 0 Å². The lowest BCUT2D eigenvalue weighted by Crippen LogP contribution is -2.42. The van der Waals surface area contributed by atoms with Crippen LogP contribution in [0.2, 0.25) is 5.02 Å². The number of halogens is 1. The van der Waals surface area contributed by atoms with Gasteiger partial charge in [0.2, 0.25) is 5.91 Å². The molecule has 1 aromatic carbocycles. The Labute approximate surface area is 139 Å². The number of aromatic nitrogens is 2. The van der Waals surface area contributed by atoms with E-state index < -0.39 is 11.9 Å². The topological polar surface area (TPSA) is 90.0 Å². The summed E-state index contributed by atoms with van der Waals surface area (Å²) in [4.78, 5) is 23.4. The standard InChI is InChI=1S/C16H19ClN4O2/c1-9-14(16(23)19-10(2)15(18)22)11(3)21(20-9)8-12-6-4-5-7-13(12)17/h4-7,10H,8H2,1-3H3,(H2,18,22)(H,19,23). The molecule has 2 amide bonds. The van der Waals surface area contributed by atoms with E-state index in [0.717, 1.165) is 5.56 Å². The van der Waals surface area contributed by atoms with Crippen molar-refractivity contribution in [3.05, 3.63) is 51.8 Å². The first-order chi connectivity index (χ1) is 10.8. The number of amides is 2. The molecule has 0 aliphatic carbocycles. The average Bonchev–Trinajstić information content (AvgIpc) is 2.75. The van der Waals surface area contributed by atoms with Crippen LogP contribution in [-0.4, -0.2) is 27.6 Å². The van der Waals surface area contributed by atoms with Gasteiger partial charge in [0.15, 0.2) is 0 Å². The number of nitrogens with zero attached hydrogens (tertiary/aromatic N) is 2. The molecule has 0 saturated heterocycles. The Kier molecular flexibility index (Phi) is 5.05. The lowest BCUT2D eigenvalue weighted by molar-refractivity contribution is -0.119. The summed E-state index contributed by atoms with van der Waals surface area (Å²) in [6.45, 7) is 5.56. The second-order valence-electron chi connectivity index (χ2n) is 5.39. The first kappa shape index (κ1) is 17.0. The minimum atomic E-state index is -0.742. The molecule has 7 heteroatoms. The quantitative estimate of drug-likeness (QED) is 0.873. The van der Waals surface area contributed by atoms with E-state index in [1.807, 2.05) is 24.3 Å². The first-order valence-electron chi connectivity index (χ1n) is 7.18. The zero-order chi connectivity index (χ0) is 17.1. The third-order valence-electron chi connectivity index (χ3n) is 3.66. The van der Waals surface area contributed by atoms with Crippen molar-refractivity contribution in [3.8, 4) is 0 Å². The van der Waals surface area contributed by atoms with Gasteiger partial charge in [-0.25, -0.2) is 0 Å². The fourth-order valence-corrected chi connectivity index (χ4v) is 2.50. The molecule has 1 unspecified atom stereocenters. The van der Waals surface area contributed by atoms with Crippen LogP contribution in [-0.2, 0) is 11.3 Å². The van der Waals surface area contributed by atoms with Crippen LogP contribution >= 0.6 is 11.6 Å². The minimum Gasteiger partial charge on any atom is -0.368 e. The maximum atomic E-state index is 12.3. The van der Waals surface area contributed by atoms with E-state index in [9.17, 15) is 9.59 Å². The molecule has 3 N–H and O–H groups in total. The van der Waals surface area contributed by atoms with E-state index in [1.54, 1.807) is 25.5 Å². The highest BCUT2D eigenvalue weighted by atomic mass is 35.5. The van der Waals surface area contributed by atoms with Gasteiger partial charge in [-0.3, -0.25) is 14.3 Å². The average molecular weight is 335 g/mol. The van der Waals surface area contributed by atoms with Crippen molar-refractivity contribution in [2.24, 2.45) is 5.73 Å². The summed E-state index contributed by atoms with van der Waals surface area (Å²) in [5.74, 6) is -0.950. The van der Waals surface area contributed by atoms with Crippen LogP contribution in [0.5, 0.6) is 0 Å². The Hall–Kier alpha value is -2.34. The van der Waals surface area contributed by atoms with Gasteiger partial charge in [-0.2, -0.15) is 5.10 Å². The van der Waals surface area contributed by atoms with Crippen LogP contribution < -0.4 is 11.1 Å². The van der Waals surface area contributed by atoms with E-state index in [0.29, 0.717) is 28.5 Å². The predicted octanol–water partition coefficient (Wildman–Crippen LogP) is 1.81. The summed E-state index contributed by atoms with van der Waals surface area (Å²) in [7, 11) is 0. The van der Waals surface area contributed by atoms with Crippen LogP contribution in [0.25, 0.3) is 0 Å². The molecule has 0 radical (unpaired) electrons. The van der Waals surface area contributed by atoms with Crippen molar-refractivity contribution in [1.29, 1.82) is 0 Å². The highest BCUT2D eigenvalue weighted by Crippen LogP contribution is 2.19. The molecule has 6 nitrogen and oxygen atoms in total. The zero-order valence-electron chi connectivity index (χ0n) is 13.3. The second kappa shape index (κ2) is 6.83. The van der Waals surface area contributed by atoms with Gasteiger partial charge in [0.25, 0.3) is 5.91 Å². The third kappa shape index (κ3) is 3.71. The van der Waals surface area contributed by atoms with Gasteiger partial charge in [-0.1, -0.05) is 29.8 Å². The summed E-state index contributed by atoms with van der Waals surface area (Å²) in [6.07, 6.45) is 0. The van der Waals surface area contributed by atoms with Crippen molar-refractivity contribution < 1.29 is 9.59 Å². The monoisotopic (exact) mass is 334 g/mol. The van der Waals surface area contributed by atoms with Gasteiger partial charge in [-0.05, 0) is 32.4 Å². The Morgan fingerprint density at radius 3 is 2.61 bits per heavy atom. The number of rotatable bonds is 5. The van der Waals surface area contributed by atoms with E-state index in [1.165, 1.54) is 0 Å². The first-order valence-corrected chi connectivity index (χ1v) is 7.56. The van der Waals surface area contributed by atoms with Crippen LogP contribution in [0.3, 0.4) is 0 Å². The molecule has 0 aliphatic heterocycles. The van der Waals surface area contributed by atoms with Crippen molar-refractivity contribution >= 4 is 23.4 Å². The smallest absolute Gasteiger partial charge is 0.255 e. The number of hydrogen-bond acceptors (Lipinski definition) is 3. The summed E-state index contributed by atoms with van der Waals surface area (Å²) < 4.78 is 1.72. The van der Waals surface area contributed by atoms with Gasteiger partial charge in [0.05, 0.1) is 17.8 Å². The van der Waals surface area contributed by atoms with E-state index in [-0.39, 0.29) is 5.91 Å². The number of aryl methyl sites for hydroxylation is 1. The molecule has 122 valence electrons. The minimum absolute atomic E-state index is 0.364. The number of carbonyl (C=O) groups is 2. The van der Waals surface area contributed by atoms with Gasteiger partial charge < -0.3 is 11.1 Å². The third-order valence-corrected chi connectivity index (χ3v) is 4.03. The molecule has 0 bridgehead atoms. The Morgan fingerprint density at radius 2 is 2.00 bits per heavy atom. The zero-order valence-corrected chi connectivity index (χ0v) is 14.0. The predicted molar refractivity (Wildman–Crippen MR) is 88.4 cm³/mol. The molecular formula is C16H19ClN4O2. The molecule has 1 aromatic heterocycles. The second-order valence-corrected chi connectivity index (χ2v) is 5.80. The number of primary amides is 1. The normalized spacial score (nSPS) is 12.0. The molecule has 2 aromatic rings. The summed E-state index contributed by atoms with van der Waals surface area (Å²) in [5.41, 5.74) is 7.83. The molecule has 0 fully saturated rings. The Bertz CT molecular complexity index is 755. The van der Waals surface area contributed by atoms with Gasteiger partial charge in [0.1, 0.15) is 6.04 Å². The fourth-order valence-electron chi connectivity index (χ4n) is 2.31. The highest BCUT2D eigenvalue weighted by molar-refractivity contribution is 6.31. The Balaban J connectivity index is 2.27. The number of hydrogen-bond donors (Lipinski definition) is 2. The maximum Gasteiger partial charge on any atom is 0.255 e. The molecule has 0 saturated carbocycles. The Morgan fingerprint density at radius 1 is 1.35 bits per heavy atom.